The van der Waals surface area contributed by atoms with Crippen molar-refractivity contribution < 1.29 is 14.3 Å². The van der Waals surface area contributed by atoms with Crippen LogP contribution in [-0.4, -0.2) is 42.8 Å². The van der Waals surface area contributed by atoms with Crippen molar-refractivity contribution in [3.63, 3.8) is 0 Å². The molecule has 0 saturated carbocycles. The molecule has 1 aromatic heterocycles. The van der Waals surface area contributed by atoms with E-state index in [1.807, 2.05) is 36.6 Å². The Morgan fingerprint density at radius 1 is 1.23 bits per heavy atom. The van der Waals surface area contributed by atoms with Gasteiger partial charge in [0.05, 0.1) is 17.9 Å². The Labute approximate surface area is 161 Å². The molecule has 2 amide bonds. The number of benzene rings is 1. The fraction of sp³-hybridized carbons (Fsp3) is 0.389. The van der Waals surface area contributed by atoms with Crippen molar-refractivity contribution in [2.24, 2.45) is 0 Å². The zero-order chi connectivity index (χ0) is 18.8. The molecule has 0 bridgehead atoms. The van der Waals surface area contributed by atoms with Crippen molar-refractivity contribution in [1.29, 1.82) is 0 Å². The number of hydrogen-bond acceptors (Lipinski definition) is 6. The molecule has 0 spiro atoms. The van der Waals surface area contributed by atoms with Gasteiger partial charge in [-0.1, -0.05) is 29.5 Å². The number of hydrogen-bond donors (Lipinski definition) is 2. The Balaban J connectivity index is 1.71. The summed E-state index contributed by atoms with van der Waals surface area (Å²) in [7, 11) is 1.64. The first kappa shape index (κ1) is 20.4. The molecule has 0 aliphatic heterocycles. The van der Waals surface area contributed by atoms with Crippen LogP contribution in [0.3, 0.4) is 0 Å². The lowest BCUT2D eigenvalue weighted by Crippen LogP contribution is -2.26. The minimum Gasteiger partial charge on any atom is -0.385 e. The highest BCUT2D eigenvalue weighted by atomic mass is 32.2. The summed E-state index contributed by atoms with van der Waals surface area (Å²) >= 11 is 2.82. The molecular weight excluding hydrogens is 370 g/mol. The molecule has 0 saturated heterocycles. The zero-order valence-electron chi connectivity index (χ0n) is 14.9. The third-order valence-corrected chi connectivity index (χ3v) is 5.45. The molecule has 0 atom stereocenters. The van der Waals surface area contributed by atoms with Crippen LogP contribution in [0.5, 0.6) is 0 Å². The Morgan fingerprint density at radius 2 is 2.00 bits per heavy atom. The van der Waals surface area contributed by atoms with Crippen LogP contribution >= 0.6 is 23.1 Å². The second-order valence-electron chi connectivity index (χ2n) is 5.68. The van der Waals surface area contributed by atoms with Gasteiger partial charge in [-0.25, -0.2) is 4.98 Å². The summed E-state index contributed by atoms with van der Waals surface area (Å²) in [5, 5.41) is 7.54. The maximum atomic E-state index is 12.0. The molecule has 2 rings (SSSR count). The number of aryl methyl sites for hydroxylation is 1. The van der Waals surface area contributed by atoms with Gasteiger partial charge >= 0.3 is 0 Å². The molecule has 6 nitrogen and oxygen atoms in total. The van der Waals surface area contributed by atoms with Crippen LogP contribution in [0.2, 0.25) is 0 Å². The SMILES string of the molecule is COCCCNC(=O)Cc1csc(SCC(=O)Nc2ccc(C)cc2)n1. The van der Waals surface area contributed by atoms with Crippen LogP contribution < -0.4 is 10.6 Å². The minimum absolute atomic E-state index is 0.0555. The van der Waals surface area contributed by atoms with Gasteiger partial charge in [-0.3, -0.25) is 9.59 Å². The molecule has 1 heterocycles. The van der Waals surface area contributed by atoms with E-state index in [-0.39, 0.29) is 24.0 Å². The molecule has 0 aliphatic rings. The van der Waals surface area contributed by atoms with E-state index in [0.29, 0.717) is 13.2 Å². The topological polar surface area (TPSA) is 80.3 Å². The van der Waals surface area contributed by atoms with E-state index in [1.165, 1.54) is 23.1 Å². The highest BCUT2D eigenvalue weighted by Gasteiger charge is 2.10. The van der Waals surface area contributed by atoms with Crippen LogP contribution in [0, 0.1) is 6.92 Å². The molecule has 26 heavy (non-hydrogen) atoms. The first-order valence-electron chi connectivity index (χ1n) is 8.26. The van der Waals surface area contributed by atoms with Crippen molar-refractivity contribution in [3.8, 4) is 0 Å². The fourth-order valence-electron chi connectivity index (χ4n) is 2.07. The number of nitrogens with zero attached hydrogens (tertiary/aromatic N) is 1. The largest absolute Gasteiger partial charge is 0.385 e. The number of carbonyl (C=O) groups excluding carboxylic acids is 2. The number of carbonyl (C=O) groups is 2. The van der Waals surface area contributed by atoms with E-state index in [2.05, 4.69) is 15.6 Å². The lowest BCUT2D eigenvalue weighted by atomic mass is 10.2. The number of nitrogens with one attached hydrogen (secondary N) is 2. The summed E-state index contributed by atoms with van der Waals surface area (Å²) in [6, 6.07) is 7.67. The molecule has 2 N–H and O–H groups in total. The number of thiazole rings is 1. The van der Waals surface area contributed by atoms with Crippen molar-refractivity contribution in [3.05, 3.63) is 40.9 Å². The molecule has 0 radical (unpaired) electrons. The molecule has 2 aromatic rings. The first-order chi connectivity index (χ1) is 12.6. The number of rotatable bonds is 10. The van der Waals surface area contributed by atoms with Gasteiger partial charge in [0.1, 0.15) is 0 Å². The van der Waals surface area contributed by atoms with Crippen molar-refractivity contribution in [2.45, 2.75) is 24.1 Å². The fourth-order valence-corrected chi connectivity index (χ4v) is 3.71. The van der Waals surface area contributed by atoms with E-state index < -0.39 is 0 Å². The maximum Gasteiger partial charge on any atom is 0.234 e. The monoisotopic (exact) mass is 393 g/mol. The van der Waals surface area contributed by atoms with Crippen molar-refractivity contribution in [1.82, 2.24) is 10.3 Å². The van der Waals surface area contributed by atoms with Gasteiger partial charge in [0.15, 0.2) is 4.34 Å². The number of ether oxygens (including phenoxy) is 1. The van der Waals surface area contributed by atoms with Crippen LogP contribution in [0.25, 0.3) is 0 Å². The molecule has 0 aliphatic carbocycles. The summed E-state index contributed by atoms with van der Waals surface area (Å²) in [5.41, 5.74) is 2.65. The average molecular weight is 394 g/mol. The second kappa shape index (κ2) is 10.9. The number of amides is 2. The smallest absolute Gasteiger partial charge is 0.234 e. The number of aromatic nitrogens is 1. The van der Waals surface area contributed by atoms with E-state index >= 15 is 0 Å². The Morgan fingerprint density at radius 3 is 2.73 bits per heavy atom. The highest BCUT2D eigenvalue weighted by molar-refractivity contribution is 8.01. The number of anilines is 1. The molecule has 8 heteroatoms. The van der Waals surface area contributed by atoms with Crippen molar-refractivity contribution in [2.75, 3.05) is 31.3 Å². The van der Waals surface area contributed by atoms with Gasteiger partial charge in [-0.05, 0) is 25.5 Å². The average Bonchev–Trinajstić information content (AvgIpc) is 3.06. The van der Waals surface area contributed by atoms with Crippen LogP contribution in [0.4, 0.5) is 5.69 Å². The third kappa shape index (κ3) is 7.55. The number of thioether (sulfide) groups is 1. The highest BCUT2D eigenvalue weighted by Crippen LogP contribution is 2.23. The van der Waals surface area contributed by atoms with E-state index in [1.54, 1.807) is 7.11 Å². The van der Waals surface area contributed by atoms with Gasteiger partial charge in [-0.2, -0.15) is 0 Å². The molecule has 1 aromatic carbocycles. The predicted molar refractivity (Wildman–Crippen MR) is 106 cm³/mol. The lowest BCUT2D eigenvalue weighted by molar-refractivity contribution is -0.120. The predicted octanol–water partition coefficient (Wildman–Crippen LogP) is 2.88. The minimum atomic E-state index is -0.0773. The Kier molecular flexibility index (Phi) is 8.60. The van der Waals surface area contributed by atoms with Crippen LogP contribution in [0.1, 0.15) is 17.7 Å². The molecular formula is C18H23N3O3S2. The molecule has 0 unspecified atom stereocenters. The van der Waals surface area contributed by atoms with Gasteiger partial charge in [0, 0.05) is 31.3 Å². The van der Waals surface area contributed by atoms with Gasteiger partial charge in [-0.15, -0.1) is 11.3 Å². The normalized spacial score (nSPS) is 10.5. The zero-order valence-corrected chi connectivity index (χ0v) is 16.5. The van der Waals surface area contributed by atoms with Gasteiger partial charge in [0.25, 0.3) is 0 Å². The quantitative estimate of drug-likeness (QED) is 0.479. The standard InChI is InChI=1S/C18H23N3O3S2/c1-13-4-6-14(7-5-13)20-17(23)12-26-18-21-15(11-25-18)10-16(22)19-8-3-9-24-2/h4-7,11H,3,8-10,12H2,1-2H3,(H,19,22)(H,20,23). The summed E-state index contributed by atoms with van der Waals surface area (Å²) < 4.78 is 5.72. The Bertz CT molecular complexity index is 717. The van der Waals surface area contributed by atoms with Gasteiger partial charge in [0.2, 0.25) is 11.8 Å². The Hall–Kier alpha value is -1.90. The summed E-state index contributed by atoms with van der Waals surface area (Å²) in [6.45, 7) is 3.22. The van der Waals surface area contributed by atoms with Crippen LogP contribution in [0.15, 0.2) is 34.0 Å². The summed E-state index contributed by atoms with van der Waals surface area (Å²) in [6.07, 6.45) is 1.04. The summed E-state index contributed by atoms with van der Waals surface area (Å²) in [4.78, 5) is 28.2. The number of methoxy groups -OCH3 is 1. The third-order valence-electron chi connectivity index (χ3n) is 3.38. The van der Waals surface area contributed by atoms with Gasteiger partial charge < -0.3 is 15.4 Å². The first-order valence-corrected chi connectivity index (χ1v) is 10.1. The van der Waals surface area contributed by atoms with E-state index in [0.717, 1.165) is 27.7 Å². The van der Waals surface area contributed by atoms with E-state index in [4.69, 9.17) is 4.74 Å². The summed E-state index contributed by atoms with van der Waals surface area (Å²) in [5.74, 6) is 0.149. The van der Waals surface area contributed by atoms with Crippen LogP contribution in [-0.2, 0) is 20.7 Å². The molecule has 0 fully saturated rings. The lowest BCUT2D eigenvalue weighted by Gasteiger charge is -2.04. The second-order valence-corrected chi connectivity index (χ2v) is 7.76. The maximum absolute atomic E-state index is 12.0. The van der Waals surface area contributed by atoms with Crippen molar-refractivity contribution >= 4 is 40.6 Å². The van der Waals surface area contributed by atoms with E-state index in [9.17, 15) is 9.59 Å². The molecule has 140 valence electrons.